The molecule has 0 radical (unpaired) electrons. The molecule has 7 nitrogen and oxygen atoms in total. The van der Waals surface area contributed by atoms with Gasteiger partial charge in [-0.3, -0.25) is 4.79 Å². The van der Waals surface area contributed by atoms with E-state index in [9.17, 15) is 18.3 Å². The maximum Gasteiger partial charge on any atom is 0.322 e. The predicted molar refractivity (Wildman–Crippen MR) is 111 cm³/mol. The molecule has 1 atom stereocenters. The zero-order valence-electron chi connectivity index (χ0n) is 16.2. The molecule has 3 rings (SSSR count). The molecule has 8 heteroatoms. The number of ether oxygens (including phenoxy) is 2. The molecular formula is C22H21NO6S. The molecular weight excluding hydrogens is 406 g/mol. The van der Waals surface area contributed by atoms with Crippen molar-refractivity contribution in [3.05, 3.63) is 84.4 Å². The van der Waals surface area contributed by atoms with Crippen LogP contribution in [-0.2, 0) is 21.2 Å². The third kappa shape index (κ3) is 5.37. The van der Waals surface area contributed by atoms with Gasteiger partial charge in [0.25, 0.3) is 0 Å². The quantitative estimate of drug-likeness (QED) is 0.542. The Balaban J connectivity index is 1.74. The summed E-state index contributed by atoms with van der Waals surface area (Å²) >= 11 is 0. The Morgan fingerprint density at radius 2 is 1.53 bits per heavy atom. The van der Waals surface area contributed by atoms with E-state index in [-0.39, 0.29) is 11.3 Å². The summed E-state index contributed by atoms with van der Waals surface area (Å²) in [6, 6.07) is 20.3. The molecule has 0 bridgehead atoms. The van der Waals surface area contributed by atoms with E-state index in [4.69, 9.17) is 9.47 Å². The van der Waals surface area contributed by atoms with Crippen LogP contribution >= 0.6 is 0 Å². The van der Waals surface area contributed by atoms with Crippen molar-refractivity contribution in [3.8, 4) is 17.2 Å². The number of para-hydroxylation sites is 2. The molecule has 0 unspecified atom stereocenters. The van der Waals surface area contributed by atoms with E-state index in [1.807, 2.05) is 0 Å². The zero-order valence-corrected chi connectivity index (χ0v) is 17.0. The number of rotatable bonds is 9. The smallest absolute Gasteiger partial charge is 0.322 e. The standard InChI is InChI=1S/C22H21NO6S/c1-28-20-9-5-6-10-21(20)29-17-11-13-18(14-12-17)30(26,27)23-19(22(24)25)15-16-7-3-2-4-8-16/h2-14,19,23H,15H2,1H3,(H,24,25)/t19-/m0/s1. The minimum atomic E-state index is -4.04. The highest BCUT2D eigenvalue weighted by molar-refractivity contribution is 7.89. The number of methoxy groups -OCH3 is 1. The molecule has 0 amide bonds. The normalized spacial score (nSPS) is 12.2. The van der Waals surface area contributed by atoms with Gasteiger partial charge in [0, 0.05) is 0 Å². The molecule has 3 aromatic carbocycles. The summed E-state index contributed by atoms with van der Waals surface area (Å²) in [6.45, 7) is 0. The third-order valence-corrected chi connectivity index (χ3v) is 5.80. The fraction of sp³-hybridized carbons (Fsp3) is 0.136. The van der Waals surface area contributed by atoms with E-state index < -0.39 is 22.0 Å². The van der Waals surface area contributed by atoms with Crippen molar-refractivity contribution in [3.63, 3.8) is 0 Å². The van der Waals surface area contributed by atoms with Gasteiger partial charge < -0.3 is 14.6 Å². The SMILES string of the molecule is COc1ccccc1Oc1ccc(S(=O)(=O)N[C@@H](Cc2ccccc2)C(=O)O)cc1. The number of carboxylic acids is 1. The Bertz CT molecular complexity index is 1100. The summed E-state index contributed by atoms with van der Waals surface area (Å²) in [5.41, 5.74) is 0.716. The molecule has 0 aliphatic rings. The molecule has 0 aliphatic carbocycles. The first kappa shape index (κ1) is 21.4. The topological polar surface area (TPSA) is 102 Å². The lowest BCUT2D eigenvalue weighted by molar-refractivity contribution is -0.138. The number of hydrogen-bond donors (Lipinski definition) is 2. The molecule has 2 N–H and O–H groups in total. The number of aliphatic carboxylic acids is 1. The van der Waals surface area contributed by atoms with Crippen molar-refractivity contribution in [1.29, 1.82) is 0 Å². The summed E-state index contributed by atoms with van der Waals surface area (Å²) in [7, 11) is -2.51. The molecule has 0 spiro atoms. The van der Waals surface area contributed by atoms with E-state index in [0.29, 0.717) is 22.8 Å². The molecule has 0 fully saturated rings. The van der Waals surface area contributed by atoms with Crippen LogP contribution in [0.1, 0.15) is 5.56 Å². The van der Waals surface area contributed by atoms with Crippen LogP contribution in [0.25, 0.3) is 0 Å². The Morgan fingerprint density at radius 3 is 2.13 bits per heavy atom. The molecule has 0 saturated carbocycles. The second-order valence-corrected chi connectivity index (χ2v) is 8.14. The average molecular weight is 427 g/mol. The van der Waals surface area contributed by atoms with Crippen molar-refractivity contribution in [1.82, 2.24) is 4.72 Å². The minimum absolute atomic E-state index is 0.0321. The van der Waals surface area contributed by atoms with E-state index in [0.717, 1.165) is 0 Å². The van der Waals surface area contributed by atoms with Crippen LogP contribution in [0.5, 0.6) is 17.2 Å². The van der Waals surface area contributed by atoms with E-state index in [1.165, 1.54) is 31.4 Å². The van der Waals surface area contributed by atoms with Crippen LogP contribution in [-0.4, -0.2) is 32.6 Å². The van der Waals surface area contributed by atoms with Gasteiger partial charge in [-0.1, -0.05) is 42.5 Å². The number of carboxylic acid groups (broad SMARTS) is 1. The summed E-state index contributed by atoms with van der Waals surface area (Å²) in [5.74, 6) is 0.194. The zero-order chi connectivity index (χ0) is 21.6. The van der Waals surface area contributed by atoms with Gasteiger partial charge in [-0.25, -0.2) is 8.42 Å². The lowest BCUT2D eigenvalue weighted by Crippen LogP contribution is -2.42. The molecule has 156 valence electrons. The number of hydrogen-bond acceptors (Lipinski definition) is 5. The van der Waals surface area contributed by atoms with Gasteiger partial charge in [-0.05, 0) is 48.4 Å². The van der Waals surface area contributed by atoms with Crippen LogP contribution in [0.2, 0.25) is 0 Å². The highest BCUT2D eigenvalue weighted by Gasteiger charge is 2.25. The number of nitrogens with one attached hydrogen (secondary N) is 1. The summed E-state index contributed by atoms with van der Waals surface area (Å²) in [5, 5.41) is 9.44. The highest BCUT2D eigenvalue weighted by atomic mass is 32.2. The second kappa shape index (κ2) is 9.43. The maximum atomic E-state index is 12.7. The number of carbonyl (C=O) groups is 1. The number of sulfonamides is 1. The molecule has 30 heavy (non-hydrogen) atoms. The highest BCUT2D eigenvalue weighted by Crippen LogP contribution is 2.31. The molecule has 0 heterocycles. The Morgan fingerprint density at radius 1 is 0.933 bits per heavy atom. The first-order valence-corrected chi connectivity index (χ1v) is 10.6. The first-order chi connectivity index (χ1) is 14.4. The van der Waals surface area contributed by atoms with Crippen molar-refractivity contribution in [2.24, 2.45) is 0 Å². The van der Waals surface area contributed by atoms with Crippen LogP contribution in [0, 0.1) is 0 Å². The van der Waals surface area contributed by atoms with Gasteiger partial charge in [0.2, 0.25) is 10.0 Å². The summed E-state index contributed by atoms with van der Waals surface area (Å²) in [6.07, 6.45) is 0.0321. The van der Waals surface area contributed by atoms with Crippen LogP contribution in [0.3, 0.4) is 0 Å². The lowest BCUT2D eigenvalue weighted by atomic mass is 10.1. The van der Waals surface area contributed by atoms with E-state index in [1.54, 1.807) is 54.6 Å². The fourth-order valence-electron chi connectivity index (χ4n) is 2.80. The van der Waals surface area contributed by atoms with Crippen LogP contribution < -0.4 is 14.2 Å². The average Bonchev–Trinajstić information content (AvgIpc) is 2.74. The largest absolute Gasteiger partial charge is 0.493 e. The first-order valence-electron chi connectivity index (χ1n) is 9.09. The Labute approximate surface area is 174 Å². The second-order valence-electron chi connectivity index (χ2n) is 6.43. The van der Waals surface area contributed by atoms with E-state index in [2.05, 4.69) is 4.72 Å². The molecule has 0 aliphatic heterocycles. The van der Waals surface area contributed by atoms with Gasteiger partial charge in [0.15, 0.2) is 11.5 Å². The third-order valence-electron chi connectivity index (χ3n) is 4.31. The predicted octanol–water partition coefficient (Wildman–Crippen LogP) is 3.46. The van der Waals surface area contributed by atoms with Gasteiger partial charge in [-0.15, -0.1) is 0 Å². The molecule has 0 saturated heterocycles. The van der Waals surface area contributed by atoms with Crippen LogP contribution in [0.4, 0.5) is 0 Å². The van der Waals surface area contributed by atoms with Crippen LogP contribution in [0.15, 0.2) is 83.8 Å². The minimum Gasteiger partial charge on any atom is -0.493 e. The maximum absolute atomic E-state index is 12.7. The fourth-order valence-corrected chi connectivity index (χ4v) is 3.99. The van der Waals surface area contributed by atoms with Gasteiger partial charge in [0.1, 0.15) is 11.8 Å². The van der Waals surface area contributed by atoms with Gasteiger partial charge >= 0.3 is 5.97 Å². The summed E-state index contributed by atoms with van der Waals surface area (Å²) in [4.78, 5) is 11.5. The lowest BCUT2D eigenvalue weighted by Gasteiger charge is -2.15. The van der Waals surface area contributed by atoms with Gasteiger partial charge in [-0.2, -0.15) is 4.72 Å². The van der Waals surface area contributed by atoms with Crippen molar-refractivity contribution in [2.45, 2.75) is 17.4 Å². The van der Waals surface area contributed by atoms with E-state index >= 15 is 0 Å². The van der Waals surface area contributed by atoms with Gasteiger partial charge in [0.05, 0.1) is 12.0 Å². The van der Waals surface area contributed by atoms with Crippen molar-refractivity contribution >= 4 is 16.0 Å². The van der Waals surface area contributed by atoms with Crippen molar-refractivity contribution in [2.75, 3.05) is 7.11 Å². The Hall–Kier alpha value is -3.36. The monoisotopic (exact) mass is 427 g/mol. The van der Waals surface area contributed by atoms with Crippen molar-refractivity contribution < 1.29 is 27.8 Å². The molecule has 0 aromatic heterocycles. The summed E-state index contributed by atoms with van der Waals surface area (Å²) < 4.78 is 38.6. The number of benzene rings is 3. The molecule has 3 aromatic rings. The Kier molecular flexibility index (Phi) is 6.71.